The van der Waals surface area contributed by atoms with Crippen molar-refractivity contribution in [2.75, 3.05) is 33.8 Å². The molecule has 2 heterocycles. The maximum Gasteiger partial charge on any atom is 0.307 e. The SMILES string of the molecule is COc1cccc(C2CC(C(=O)O)CN2)c1OC1CCN(C)CC1. The molecule has 0 radical (unpaired) electrons. The molecule has 0 amide bonds. The van der Waals surface area contributed by atoms with Gasteiger partial charge in [-0.05, 0) is 32.4 Å². The van der Waals surface area contributed by atoms with E-state index in [1.165, 1.54) is 0 Å². The largest absolute Gasteiger partial charge is 0.493 e. The molecule has 2 N–H and O–H groups in total. The Bertz CT molecular complexity index is 584. The van der Waals surface area contributed by atoms with Crippen molar-refractivity contribution in [1.29, 1.82) is 0 Å². The molecule has 1 aromatic carbocycles. The molecular weight excluding hydrogens is 308 g/mol. The molecular formula is C18H26N2O4. The number of rotatable bonds is 5. The van der Waals surface area contributed by atoms with E-state index < -0.39 is 5.97 Å². The van der Waals surface area contributed by atoms with Gasteiger partial charge in [0.2, 0.25) is 0 Å². The standard InChI is InChI=1S/C18H26N2O4/c1-20-8-6-13(7-9-20)24-17-14(4-3-5-16(17)23-2)15-10-12(11-19-15)18(21)22/h3-5,12-13,15,19H,6-11H2,1-2H3,(H,21,22). The first-order chi connectivity index (χ1) is 11.6. The minimum atomic E-state index is -0.745. The minimum absolute atomic E-state index is 0.0116. The zero-order valence-electron chi connectivity index (χ0n) is 14.3. The Balaban J connectivity index is 1.80. The first-order valence-electron chi connectivity index (χ1n) is 8.56. The summed E-state index contributed by atoms with van der Waals surface area (Å²) in [7, 11) is 3.77. The Morgan fingerprint density at radius 1 is 1.33 bits per heavy atom. The summed E-state index contributed by atoms with van der Waals surface area (Å²) in [5.41, 5.74) is 0.997. The van der Waals surface area contributed by atoms with Gasteiger partial charge < -0.3 is 24.8 Å². The van der Waals surface area contributed by atoms with Crippen molar-refractivity contribution in [1.82, 2.24) is 10.2 Å². The normalized spacial score (nSPS) is 25.6. The lowest BCUT2D eigenvalue weighted by Gasteiger charge is -2.31. The number of carboxylic acid groups (broad SMARTS) is 1. The second-order valence-electron chi connectivity index (χ2n) is 6.73. The molecule has 2 aliphatic heterocycles. The smallest absolute Gasteiger partial charge is 0.307 e. The fraction of sp³-hybridized carbons (Fsp3) is 0.611. The molecule has 6 heteroatoms. The number of piperidine rings is 1. The number of methoxy groups -OCH3 is 1. The van der Waals surface area contributed by atoms with Crippen molar-refractivity contribution in [2.24, 2.45) is 5.92 Å². The van der Waals surface area contributed by atoms with Gasteiger partial charge in [0.1, 0.15) is 6.10 Å². The summed E-state index contributed by atoms with van der Waals surface area (Å²) in [6.07, 6.45) is 2.73. The van der Waals surface area contributed by atoms with Gasteiger partial charge in [-0.25, -0.2) is 0 Å². The molecule has 0 bridgehead atoms. The molecule has 0 aliphatic carbocycles. The molecule has 0 aromatic heterocycles. The van der Waals surface area contributed by atoms with Gasteiger partial charge in [-0.15, -0.1) is 0 Å². The Hall–Kier alpha value is -1.79. The predicted molar refractivity (Wildman–Crippen MR) is 90.6 cm³/mol. The monoisotopic (exact) mass is 334 g/mol. The Morgan fingerprint density at radius 2 is 2.08 bits per heavy atom. The summed E-state index contributed by atoms with van der Waals surface area (Å²) in [4.78, 5) is 13.5. The maximum atomic E-state index is 11.2. The van der Waals surface area contributed by atoms with Gasteiger partial charge in [0.05, 0.1) is 13.0 Å². The lowest BCUT2D eigenvalue weighted by molar-refractivity contribution is -0.141. The number of likely N-dealkylation sites (tertiary alicyclic amines) is 1. The Labute approximate surface area is 142 Å². The van der Waals surface area contributed by atoms with Crippen LogP contribution in [-0.2, 0) is 4.79 Å². The number of carbonyl (C=O) groups is 1. The highest BCUT2D eigenvalue weighted by molar-refractivity contribution is 5.71. The predicted octanol–water partition coefficient (Wildman–Crippen LogP) is 1.90. The van der Waals surface area contributed by atoms with Crippen molar-refractivity contribution in [3.8, 4) is 11.5 Å². The van der Waals surface area contributed by atoms with Crippen LogP contribution < -0.4 is 14.8 Å². The zero-order valence-corrected chi connectivity index (χ0v) is 14.3. The number of nitrogens with zero attached hydrogens (tertiary/aromatic N) is 1. The van der Waals surface area contributed by atoms with Crippen LogP contribution in [0, 0.1) is 5.92 Å². The molecule has 2 aliphatic rings. The molecule has 6 nitrogen and oxygen atoms in total. The highest BCUT2D eigenvalue weighted by Gasteiger charge is 2.33. The van der Waals surface area contributed by atoms with Crippen LogP contribution in [0.5, 0.6) is 11.5 Å². The van der Waals surface area contributed by atoms with E-state index in [0.717, 1.165) is 37.2 Å². The Kier molecular flexibility index (Phi) is 5.26. The number of ether oxygens (including phenoxy) is 2. The lowest BCUT2D eigenvalue weighted by atomic mass is 9.98. The van der Waals surface area contributed by atoms with E-state index in [1.807, 2.05) is 18.2 Å². The van der Waals surface area contributed by atoms with Gasteiger partial charge >= 0.3 is 5.97 Å². The summed E-state index contributed by atoms with van der Waals surface area (Å²) in [5, 5.41) is 12.5. The molecule has 2 fully saturated rings. The van der Waals surface area contributed by atoms with Crippen LogP contribution in [0.15, 0.2) is 18.2 Å². The summed E-state index contributed by atoms with van der Waals surface area (Å²) < 4.78 is 11.8. The first kappa shape index (κ1) is 17.0. The molecule has 2 saturated heterocycles. The van der Waals surface area contributed by atoms with Crippen molar-refractivity contribution < 1.29 is 19.4 Å². The van der Waals surface area contributed by atoms with Crippen LogP contribution in [0.25, 0.3) is 0 Å². The molecule has 0 saturated carbocycles. The number of hydrogen-bond acceptors (Lipinski definition) is 5. The molecule has 3 rings (SSSR count). The van der Waals surface area contributed by atoms with Crippen molar-refractivity contribution in [3.63, 3.8) is 0 Å². The third-order valence-electron chi connectivity index (χ3n) is 5.03. The number of para-hydroxylation sites is 1. The maximum absolute atomic E-state index is 11.2. The van der Waals surface area contributed by atoms with Crippen LogP contribution >= 0.6 is 0 Å². The van der Waals surface area contributed by atoms with E-state index >= 15 is 0 Å². The summed E-state index contributed by atoms with van der Waals surface area (Å²) in [6, 6.07) is 5.83. The second kappa shape index (κ2) is 7.40. The number of aliphatic carboxylic acids is 1. The highest BCUT2D eigenvalue weighted by Crippen LogP contribution is 2.40. The quantitative estimate of drug-likeness (QED) is 0.857. The molecule has 2 atom stereocenters. The minimum Gasteiger partial charge on any atom is -0.493 e. The van der Waals surface area contributed by atoms with E-state index in [2.05, 4.69) is 17.3 Å². The van der Waals surface area contributed by atoms with Crippen LogP contribution in [0.3, 0.4) is 0 Å². The van der Waals surface area contributed by atoms with E-state index in [-0.39, 0.29) is 18.1 Å². The van der Waals surface area contributed by atoms with Crippen molar-refractivity contribution >= 4 is 5.97 Å². The fourth-order valence-electron chi connectivity index (χ4n) is 3.52. The van der Waals surface area contributed by atoms with Crippen LogP contribution in [0.1, 0.15) is 30.9 Å². The highest BCUT2D eigenvalue weighted by atomic mass is 16.5. The van der Waals surface area contributed by atoms with E-state index in [0.29, 0.717) is 18.7 Å². The molecule has 2 unspecified atom stereocenters. The van der Waals surface area contributed by atoms with Gasteiger partial charge in [-0.3, -0.25) is 4.79 Å². The van der Waals surface area contributed by atoms with Crippen molar-refractivity contribution in [3.05, 3.63) is 23.8 Å². The third-order valence-corrected chi connectivity index (χ3v) is 5.03. The zero-order chi connectivity index (χ0) is 17.1. The van der Waals surface area contributed by atoms with Crippen LogP contribution in [0.2, 0.25) is 0 Å². The molecule has 0 spiro atoms. The van der Waals surface area contributed by atoms with Gasteiger partial charge in [0.15, 0.2) is 11.5 Å². The van der Waals surface area contributed by atoms with Gasteiger partial charge in [-0.2, -0.15) is 0 Å². The second-order valence-corrected chi connectivity index (χ2v) is 6.73. The third kappa shape index (κ3) is 3.65. The van der Waals surface area contributed by atoms with Crippen molar-refractivity contribution in [2.45, 2.75) is 31.4 Å². The van der Waals surface area contributed by atoms with Gasteiger partial charge in [0, 0.05) is 31.2 Å². The van der Waals surface area contributed by atoms with Gasteiger partial charge in [-0.1, -0.05) is 12.1 Å². The van der Waals surface area contributed by atoms with E-state index in [1.54, 1.807) is 7.11 Å². The van der Waals surface area contributed by atoms with Crippen LogP contribution in [-0.4, -0.2) is 55.9 Å². The molecule has 1 aromatic rings. The number of hydrogen-bond donors (Lipinski definition) is 2. The Morgan fingerprint density at radius 3 is 2.71 bits per heavy atom. The lowest BCUT2D eigenvalue weighted by Crippen LogP contribution is -2.36. The van der Waals surface area contributed by atoms with E-state index in [4.69, 9.17) is 9.47 Å². The number of carboxylic acids is 1. The molecule has 24 heavy (non-hydrogen) atoms. The van der Waals surface area contributed by atoms with Gasteiger partial charge in [0.25, 0.3) is 0 Å². The average molecular weight is 334 g/mol. The first-order valence-corrected chi connectivity index (χ1v) is 8.56. The summed E-state index contributed by atoms with van der Waals surface area (Å²) in [6.45, 7) is 2.54. The molecule has 132 valence electrons. The fourth-order valence-corrected chi connectivity index (χ4v) is 3.52. The van der Waals surface area contributed by atoms with Crippen LogP contribution in [0.4, 0.5) is 0 Å². The number of nitrogens with one attached hydrogen (secondary N) is 1. The average Bonchev–Trinajstić information content (AvgIpc) is 3.07. The summed E-state index contributed by atoms with van der Waals surface area (Å²) in [5.74, 6) is 0.383. The van der Waals surface area contributed by atoms with E-state index in [9.17, 15) is 9.90 Å². The summed E-state index contributed by atoms with van der Waals surface area (Å²) >= 11 is 0. The topological polar surface area (TPSA) is 71.0 Å². The number of benzene rings is 1.